The van der Waals surface area contributed by atoms with E-state index in [1.807, 2.05) is 35.7 Å². The van der Waals surface area contributed by atoms with E-state index in [4.69, 9.17) is 5.84 Å². The minimum absolute atomic E-state index is 0.138. The monoisotopic (exact) mass is 272 g/mol. The Kier molecular flexibility index (Phi) is 5.16. The zero-order chi connectivity index (χ0) is 12.1. The molecule has 1 saturated heterocycles. The third-order valence-corrected chi connectivity index (χ3v) is 5.82. The van der Waals surface area contributed by atoms with Gasteiger partial charge in [-0.3, -0.25) is 11.3 Å². The summed E-state index contributed by atoms with van der Waals surface area (Å²) >= 11 is 3.89. The van der Waals surface area contributed by atoms with Crippen LogP contribution in [0, 0.1) is 5.82 Å². The van der Waals surface area contributed by atoms with Crippen LogP contribution in [-0.2, 0) is 6.42 Å². The summed E-state index contributed by atoms with van der Waals surface area (Å²) in [7, 11) is 0. The van der Waals surface area contributed by atoms with Crippen LogP contribution in [0.15, 0.2) is 24.3 Å². The molecule has 94 valence electrons. The van der Waals surface area contributed by atoms with Gasteiger partial charge in [-0.05, 0) is 18.1 Å². The maximum Gasteiger partial charge on any atom is 0.126 e. The molecule has 0 aromatic heterocycles. The molecule has 1 aliphatic rings. The Bertz CT molecular complexity index is 356. The summed E-state index contributed by atoms with van der Waals surface area (Å²) in [6.45, 7) is 0. The topological polar surface area (TPSA) is 38.0 Å². The fraction of sp³-hybridized carbons (Fsp3) is 0.500. The van der Waals surface area contributed by atoms with Crippen molar-refractivity contribution >= 4 is 23.5 Å². The van der Waals surface area contributed by atoms with Gasteiger partial charge >= 0.3 is 0 Å². The zero-order valence-corrected chi connectivity index (χ0v) is 11.2. The van der Waals surface area contributed by atoms with Crippen molar-refractivity contribution in [3.05, 3.63) is 35.6 Å². The average Bonchev–Trinajstić information content (AvgIpc) is 2.39. The van der Waals surface area contributed by atoms with Gasteiger partial charge in [0.2, 0.25) is 0 Å². The van der Waals surface area contributed by atoms with E-state index in [2.05, 4.69) is 5.43 Å². The first-order valence-corrected chi connectivity index (χ1v) is 7.90. The van der Waals surface area contributed by atoms with Crippen LogP contribution in [0.5, 0.6) is 0 Å². The summed E-state index contributed by atoms with van der Waals surface area (Å²) in [5.74, 6) is 8.92. The first kappa shape index (κ1) is 13.2. The lowest BCUT2D eigenvalue weighted by atomic mass is 10.0. The highest BCUT2D eigenvalue weighted by molar-refractivity contribution is 8.06. The third-order valence-electron chi connectivity index (χ3n) is 2.90. The Morgan fingerprint density at radius 2 is 2.24 bits per heavy atom. The average molecular weight is 272 g/mol. The highest BCUT2D eigenvalue weighted by atomic mass is 32.2. The molecular weight excluding hydrogens is 255 g/mol. The molecule has 1 aliphatic heterocycles. The molecule has 1 aromatic carbocycles. The number of hydrogen-bond acceptors (Lipinski definition) is 4. The lowest BCUT2D eigenvalue weighted by molar-refractivity contribution is 0.507. The molecule has 1 aromatic rings. The van der Waals surface area contributed by atoms with E-state index in [1.54, 1.807) is 6.07 Å². The number of nitrogens with two attached hydrogens (primary N) is 1. The highest BCUT2D eigenvalue weighted by Crippen LogP contribution is 2.27. The number of hydrazine groups is 1. The maximum absolute atomic E-state index is 13.6. The van der Waals surface area contributed by atoms with E-state index in [0.717, 1.165) is 17.1 Å². The van der Waals surface area contributed by atoms with Crippen LogP contribution in [0.2, 0.25) is 0 Å². The van der Waals surface area contributed by atoms with Gasteiger partial charge < -0.3 is 0 Å². The van der Waals surface area contributed by atoms with Crippen LogP contribution in [0.4, 0.5) is 4.39 Å². The molecule has 1 heterocycles. The van der Waals surface area contributed by atoms with Crippen LogP contribution >= 0.6 is 23.5 Å². The molecule has 3 N–H and O–H groups in total. The smallest absolute Gasteiger partial charge is 0.126 e. The Morgan fingerprint density at radius 3 is 2.88 bits per heavy atom. The molecule has 2 atom stereocenters. The van der Waals surface area contributed by atoms with Gasteiger partial charge in [0.1, 0.15) is 5.82 Å². The van der Waals surface area contributed by atoms with E-state index in [9.17, 15) is 4.39 Å². The number of nitrogens with one attached hydrogen (secondary N) is 1. The molecular formula is C12H17FN2S2. The largest absolute Gasteiger partial charge is 0.271 e. The van der Waals surface area contributed by atoms with Crippen LogP contribution < -0.4 is 11.3 Å². The molecule has 2 unspecified atom stereocenters. The highest BCUT2D eigenvalue weighted by Gasteiger charge is 2.24. The Labute approximate surface area is 110 Å². The second-order valence-electron chi connectivity index (χ2n) is 4.05. The summed E-state index contributed by atoms with van der Waals surface area (Å²) in [5.41, 5.74) is 3.59. The number of rotatable bonds is 4. The second-order valence-corrected chi connectivity index (χ2v) is 6.55. The summed E-state index contributed by atoms with van der Waals surface area (Å²) in [4.78, 5) is 0. The van der Waals surface area contributed by atoms with E-state index in [-0.39, 0.29) is 11.9 Å². The van der Waals surface area contributed by atoms with Crippen molar-refractivity contribution in [3.8, 4) is 0 Å². The standard InChI is InChI=1S/C12H17FN2S2/c13-10-4-2-1-3-9(10)7-11(15-14)12-8-16-5-6-17-12/h1-4,11-12,15H,5-8,14H2. The van der Waals surface area contributed by atoms with Crippen molar-refractivity contribution in [1.82, 2.24) is 5.43 Å². The Hall–Kier alpha value is -0.230. The van der Waals surface area contributed by atoms with Gasteiger partial charge in [0.25, 0.3) is 0 Å². The van der Waals surface area contributed by atoms with Crippen LogP contribution in [0.1, 0.15) is 5.56 Å². The summed E-state index contributed by atoms with van der Waals surface area (Å²) in [6.07, 6.45) is 0.654. The molecule has 0 saturated carbocycles. The first-order chi connectivity index (χ1) is 8.31. The van der Waals surface area contributed by atoms with Gasteiger partial charge in [-0.2, -0.15) is 23.5 Å². The Balaban J connectivity index is 2.01. The quantitative estimate of drug-likeness (QED) is 0.650. The normalized spacial score (nSPS) is 22.4. The molecule has 17 heavy (non-hydrogen) atoms. The van der Waals surface area contributed by atoms with Crippen molar-refractivity contribution in [2.24, 2.45) is 5.84 Å². The number of hydrogen-bond donors (Lipinski definition) is 2. The summed E-state index contributed by atoms with van der Waals surface area (Å²) < 4.78 is 13.6. The minimum Gasteiger partial charge on any atom is -0.271 e. The molecule has 0 bridgehead atoms. The van der Waals surface area contributed by atoms with Gasteiger partial charge in [0, 0.05) is 28.6 Å². The molecule has 0 radical (unpaired) electrons. The van der Waals surface area contributed by atoms with Crippen LogP contribution in [0.25, 0.3) is 0 Å². The number of benzene rings is 1. The van der Waals surface area contributed by atoms with Crippen LogP contribution in [0.3, 0.4) is 0 Å². The van der Waals surface area contributed by atoms with Crippen molar-refractivity contribution in [2.75, 3.05) is 17.3 Å². The van der Waals surface area contributed by atoms with Gasteiger partial charge in [-0.25, -0.2) is 4.39 Å². The fourth-order valence-corrected chi connectivity index (χ4v) is 4.81. The molecule has 0 amide bonds. The number of thioether (sulfide) groups is 2. The summed E-state index contributed by atoms with van der Waals surface area (Å²) in [6, 6.07) is 7.07. The predicted octanol–water partition coefficient (Wildman–Crippen LogP) is 2.05. The molecule has 1 fully saturated rings. The van der Waals surface area contributed by atoms with Gasteiger partial charge in [-0.15, -0.1) is 0 Å². The molecule has 2 nitrogen and oxygen atoms in total. The van der Waals surface area contributed by atoms with Gasteiger partial charge in [0.15, 0.2) is 0 Å². The van der Waals surface area contributed by atoms with E-state index >= 15 is 0 Å². The minimum atomic E-state index is -0.138. The zero-order valence-electron chi connectivity index (χ0n) is 9.56. The summed E-state index contributed by atoms with van der Waals surface area (Å²) in [5, 5.41) is 0.471. The van der Waals surface area contributed by atoms with Crippen molar-refractivity contribution in [3.63, 3.8) is 0 Å². The molecule has 0 spiro atoms. The molecule has 2 rings (SSSR count). The number of halogens is 1. The predicted molar refractivity (Wildman–Crippen MR) is 74.8 cm³/mol. The van der Waals surface area contributed by atoms with Crippen LogP contribution in [-0.4, -0.2) is 28.6 Å². The van der Waals surface area contributed by atoms with Crippen molar-refractivity contribution in [1.29, 1.82) is 0 Å². The Morgan fingerprint density at radius 1 is 1.41 bits per heavy atom. The van der Waals surface area contributed by atoms with Gasteiger partial charge in [0.05, 0.1) is 0 Å². The molecule has 0 aliphatic carbocycles. The van der Waals surface area contributed by atoms with E-state index in [0.29, 0.717) is 11.7 Å². The lowest BCUT2D eigenvalue weighted by Gasteiger charge is -2.29. The fourth-order valence-electron chi connectivity index (χ4n) is 1.94. The third kappa shape index (κ3) is 3.61. The van der Waals surface area contributed by atoms with Gasteiger partial charge in [-0.1, -0.05) is 18.2 Å². The SMILES string of the molecule is NNC(Cc1ccccc1F)C1CSCCS1. The second kappa shape index (κ2) is 6.64. The van der Waals surface area contributed by atoms with E-state index in [1.165, 1.54) is 11.8 Å². The lowest BCUT2D eigenvalue weighted by Crippen LogP contribution is -2.46. The van der Waals surface area contributed by atoms with Crippen molar-refractivity contribution in [2.45, 2.75) is 17.7 Å². The maximum atomic E-state index is 13.6. The van der Waals surface area contributed by atoms with Crippen molar-refractivity contribution < 1.29 is 4.39 Å². The molecule has 5 heteroatoms. The first-order valence-electron chi connectivity index (χ1n) is 5.70. The van der Waals surface area contributed by atoms with E-state index < -0.39 is 0 Å².